The molecule has 1 aliphatic rings. The summed E-state index contributed by atoms with van der Waals surface area (Å²) in [6, 6.07) is 18.5. The Balaban J connectivity index is 1.91. The summed E-state index contributed by atoms with van der Waals surface area (Å²) in [5.41, 5.74) is 2.32. The number of hydrogen-bond donors (Lipinski definition) is 0. The first-order valence-corrected chi connectivity index (χ1v) is 8.80. The van der Waals surface area contributed by atoms with Gasteiger partial charge in [0.1, 0.15) is 9.83 Å². The van der Waals surface area contributed by atoms with Crippen LogP contribution in [0.3, 0.4) is 0 Å². The summed E-state index contributed by atoms with van der Waals surface area (Å²) >= 11 is 3.87. The van der Waals surface area contributed by atoms with E-state index in [1.807, 2.05) is 47.8 Å². The largest absolute Gasteiger partial charge is 0.497 e. The van der Waals surface area contributed by atoms with Gasteiger partial charge in [-0.1, -0.05) is 42.2 Å². The lowest BCUT2D eigenvalue weighted by atomic mass is 10.1. The first-order chi connectivity index (χ1) is 10.3. The number of benzene rings is 2. The van der Waals surface area contributed by atoms with E-state index < -0.39 is 0 Å². The van der Waals surface area contributed by atoms with Gasteiger partial charge < -0.3 is 4.74 Å². The SMILES string of the molecule is COc1ccc(C#CC2(c3ccccc3)SCCS2)cc1. The summed E-state index contributed by atoms with van der Waals surface area (Å²) in [7, 11) is 1.68. The molecule has 106 valence electrons. The third-order valence-corrected chi connectivity index (χ3v) is 6.58. The maximum absolute atomic E-state index is 5.18. The Kier molecular flexibility index (Phi) is 4.48. The van der Waals surface area contributed by atoms with Crippen molar-refractivity contribution in [3.63, 3.8) is 0 Å². The average Bonchev–Trinajstić information content (AvgIpc) is 3.04. The van der Waals surface area contributed by atoms with Gasteiger partial charge in [-0.2, -0.15) is 0 Å². The van der Waals surface area contributed by atoms with E-state index in [0.29, 0.717) is 0 Å². The molecule has 1 heterocycles. The maximum Gasteiger partial charge on any atom is 0.148 e. The van der Waals surface area contributed by atoms with Gasteiger partial charge in [0, 0.05) is 17.1 Å². The number of thioether (sulfide) groups is 2. The fourth-order valence-corrected chi connectivity index (χ4v) is 5.14. The van der Waals surface area contributed by atoms with E-state index in [-0.39, 0.29) is 4.08 Å². The summed E-state index contributed by atoms with van der Waals surface area (Å²) in [5, 5.41) is 0. The highest BCUT2D eigenvalue weighted by molar-refractivity contribution is 8.20. The topological polar surface area (TPSA) is 9.23 Å². The molecule has 1 aliphatic heterocycles. The molecule has 0 saturated carbocycles. The summed E-state index contributed by atoms with van der Waals surface area (Å²) in [6.07, 6.45) is 0. The molecule has 0 bridgehead atoms. The van der Waals surface area contributed by atoms with Gasteiger partial charge in [0.2, 0.25) is 0 Å². The Morgan fingerprint density at radius 2 is 1.62 bits per heavy atom. The van der Waals surface area contributed by atoms with E-state index >= 15 is 0 Å². The second-order valence-corrected chi connectivity index (χ2v) is 7.54. The van der Waals surface area contributed by atoms with Crippen molar-refractivity contribution >= 4 is 23.5 Å². The van der Waals surface area contributed by atoms with E-state index in [1.54, 1.807) is 7.11 Å². The Morgan fingerprint density at radius 1 is 0.952 bits per heavy atom. The lowest BCUT2D eigenvalue weighted by molar-refractivity contribution is 0.415. The number of hydrogen-bond acceptors (Lipinski definition) is 3. The highest BCUT2D eigenvalue weighted by Gasteiger charge is 2.35. The molecule has 0 radical (unpaired) electrons. The summed E-state index contributed by atoms with van der Waals surface area (Å²) in [6.45, 7) is 0. The molecule has 2 aromatic rings. The number of rotatable bonds is 2. The molecule has 0 spiro atoms. The minimum absolute atomic E-state index is 0.124. The van der Waals surface area contributed by atoms with Crippen LogP contribution in [-0.2, 0) is 4.08 Å². The Morgan fingerprint density at radius 3 is 2.24 bits per heavy atom. The molecule has 0 aromatic heterocycles. The second kappa shape index (κ2) is 6.51. The van der Waals surface area contributed by atoms with Crippen molar-refractivity contribution in [3.8, 4) is 17.6 Å². The molecule has 1 nitrogen and oxygen atoms in total. The molecule has 3 rings (SSSR count). The lowest BCUT2D eigenvalue weighted by Gasteiger charge is -2.21. The normalized spacial score (nSPS) is 16.0. The van der Waals surface area contributed by atoms with Crippen LogP contribution in [0.1, 0.15) is 11.1 Å². The standard InChI is InChI=1S/C18H16OS2/c1-19-17-9-7-15(8-10-17)11-12-18(20-13-14-21-18)16-5-3-2-4-6-16/h2-10H,13-14H2,1H3. The molecule has 0 N–H and O–H groups in total. The molecule has 3 heteroatoms. The highest BCUT2D eigenvalue weighted by atomic mass is 32.2. The van der Waals surface area contributed by atoms with Gasteiger partial charge in [0.05, 0.1) is 7.11 Å². The van der Waals surface area contributed by atoms with Crippen molar-refractivity contribution in [1.29, 1.82) is 0 Å². The smallest absolute Gasteiger partial charge is 0.148 e. The molecule has 1 fully saturated rings. The Hall–Kier alpha value is -1.50. The number of methoxy groups -OCH3 is 1. The fourth-order valence-electron chi connectivity index (χ4n) is 2.21. The molecular formula is C18H16OS2. The zero-order chi connectivity index (χ0) is 14.5. The third-order valence-electron chi connectivity index (χ3n) is 3.31. The second-order valence-electron chi connectivity index (χ2n) is 4.66. The predicted octanol–water partition coefficient (Wildman–Crippen LogP) is 4.38. The van der Waals surface area contributed by atoms with Crippen LogP contribution < -0.4 is 4.74 Å². The predicted molar refractivity (Wildman–Crippen MR) is 92.9 cm³/mol. The molecule has 0 unspecified atom stereocenters. The zero-order valence-electron chi connectivity index (χ0n) is 11.8. The Labute approximate surface area is 134 Å². The van der Waals surface area contributed by atoms with Gasteiger partial charge in [-0.05, 0) is 29.8 Å². The summed E-state index contributed by atoms with van der Waals surface area (Å²) < 4.78 is 5.06. The Bertz CT molecular complexity index is 647. The highest BCUT2D eigenvalue weighted by Crippen LogP contribution is 2.51. The van der Waals surface area contributed by atoms with E-state index in [0.717, 1.165) is 22.8 Å². The van der Waals surface area contributed by atoms with Crippen LogP contribution in [0.5, 0.6) is 5.75 Å². The fraction of sp³-hybridized carbons (Fsp3) is 0.222. The molecule has 21 heavy (non-hydrogen) atoms. The van der Waals surface area contributed by atoms with E-state index in [2.05, 4.69) is 42.2 Å². The third kappa shape index (κ3) is 3.23. The molecule has 0 atom stereocenters. The minimum atomic E-state index is -0.124. The van der Waals surface area contributed by atoms with Crippen molar-refractivity contribution in [2.45, 2.75) is 4.08 Å². The molecule has 0 amide bonds. The van der Waals surface area contributed by atoms with E-state index in [1.165, 1.54) is 5.56 Å². The molecule has 0 aliphatic carbocycles. The van der Waals surface area contributed by atoms with Crippen molar-refractivity contribution < 1.29 is 4.74 Å². The van der Waals surface area contributed by atoms with Gasteiger partial charge >= 0.3 is 0 Å². The zero-order valence-corrected chi connectivity index (χ0v) is 13.5. The quantitative estimate of drug-likeness (QED) is 0.762. The van der Waals surface area contributed by atoms with Crippen LogP contribution in [0.15, 0.2) is 54.6 Å². The van der Waals surface area contributed by atoms with Gasteiger partial charge in [0.15, 0.2) is 0 Å². The van der Waals surface area contributed by atoms with E-state index in [9.17, 15) is 0 Å². The van der Waals surface area contributed by atoms with Gasteiger partial charge in [0.25, 0.3) is 0 Å². The molecule has 2 aromatic carbocycles. The first kappa shape index (κ1) is 14.4. The monoisotopic (exact) mass is 312 g/mol. The van der Waals surface area contributed by atoms with Crippen molar-refractivity contribution in [1.82, 2.24) is 0 Å². The first-order valence-electron chi connectivity index (χ1n) is 6.83. The molecular weight excluding hydrogens is 296 g/mol. The lowest BCUT2D eigenvalue weighted by Crippen LogP contribution is -2.11. The van der Waals surface area contributed by atoms with Crippen molar-refractivity contribution in [2.75, 3.05) is 18.6 Å². The van der Waals surface area contributed by atoms with Crippen LogP contribution in [0, 0.1) is 11.8 Å². The van der Waals surface area contributed by atoms with Crippen LogP contribution in [0.2, 0.25) is 0 Å². The van der Waals surface area contributed by atoms with Gasteiger partial charge in [-0.15, -0.1) is 23.5 Å². The van der Waals surface area contributed by atoms with Crippen molar-refractivity contribution in [2.24, 2.45) is 0 Å². The van der Waals surface area contributed by atoms with E-state index in [4.69, 9.17) is 4.74 Å². The summed E-state index contributed by atoms with van der Waals surface area (Å²) in [4.78, 5) is 0. The van der Waals surface area contributed by atoms with Crippen LogP contribution in [-0.4, -0.2) is 18.6 Å². The van der Waals surface area contributed by atoms with Crippen LogP contribution >= 0.6 is 23.5 Å². The average molecular weight is 312 g/mol. The van der Waals surface area contributed by atoms with Gasteiger partial charge in [-0.25, -0.2) is 0 Å². The number of ether oxygens (including phenoxy) is 1. The summed E-state index contributed by atoms with van der Waals surface area (Å²) in [5.74, 6) is 9.99. The van der Waals surface area contributed by atoms with Crippen LogP contribution in [0.4, 0.5) is 0 Å². The van der Waals surface area contributed by atoms with Gasteiger partial charge in [-0.3, -0.25) is 0 Å². The minimum Gasteiger partial charge on any atom is -0.497 e. The van der Waals surface area contributed by atoms with Crippen LogP contribution in [0.25, 0.3) is 0 Å². The maximum atomic E-state index is 5.18. The van der Waals surface area contributed by atoms with Crippen molar-refractivity contribution in [3.05, 3.63) is 65.7 Å². The molecule has 1 saturated heterocycles.